The van der Waals surface area contributed by atoms with Crippen molar-refractivity contribution < 1.29 is 33.4 Å². The summed E-state index contributed by atoms with van der Waals surface area (Å²) in [7, 11) is -3.02. The van der Waals surface area contributed by atoms with Gasteiger partial charge in [0.2, 0.25) is 0 Å². The van der Waals surface area contributed by atoms with E-state index >= 15 is 0 Å². The first kappa shape index (κ1) is 40.9. The summed E-state index contributed by atoms with van der Waals surface area (Å²) in [6, 6.07) is 34.1. The van der Waals surface area contributed by atoms with E-state index in [1.165, 1.54) is 65.2 Å². The topological polar surface area (TPSA) is 83.2 Å². The molecule has 1 unspecified atom stereocenters. The van der Waals surface area contributed by atoms with E-state index in [4.69, 9.17) is 18.7 Å². The standard InChI is InChI=1S/C27H38P.C12H10N.CH4O3S.Pd/c1-18(2)21-16-24(19(3)4)27(25(17-21)20(5)6)23-14-10-11-15-26(23)28-22-12-8-7-9-13-22;13-12-9-5-4-8-11(12)10-6-2-1-3-7-10;1-5(2,3)4;/h10-11,14,16-20,22,28H,7-9,12-13H2,1-6H3;1-6,8-9H,13H2;1H3,(H,2,3,4);/q2*-1;;/p-1. The Morgan fingerprint density at radius 2 is 1.30 bits per heavy atom. The monoisotopic (exact) mass is 762 g/mol. The van der Waals surface area contributed by atoms with Crippen molar-refractivity contribution in [2.75, 3.05) is 12.0 Å². The van der Waals surface area contributed by atoms with Crippen molar-refractivity contribution in [3.8, 4) is 22.3 Å². The summed E-state index contributed by atoms with van der Waals surface area (Å²) < 4.78 is 27.2. The largest absolute Gasteiger partial charge is 0.748 e. The second-order valence-corrected chi connectivity index (χ2v) is 16.1. The zero-order valence-corrected chi connectivity index (χ0v) is 32.2. The second-order valence-electron chi connectivity index (χ2n) is 13.0. The zero-order valence-electron chi connectivity index (χ0n) is 28.9. The molecule has 0 heterocycles. The molecular weight excluding hydrogens is 712 g/mol. The van der Waals surface area contributed by atoms with Gasteiger partial charge in [-0.1, -0.05) is 102 Å². The smallest absolute Gasteiger partial charge is 0.0916 e. The molecule has 7 heteroatoms. The number of nitrogen functional groups attached to an aromatic ring is 1. The Morgan fingerprint density at radius 1 is 0.766 bits per heavy atom. The number of nitrogens with two attached hydrogens (primary N) is 1. The molecule has 0 aliphatic heterocycles. The molecule has 0 bridgehead atoms. The quantitative estimate of drug-likeness (QED) is 0.0668. The van der Waals surface area contributed by atoms with Gasteiger partial charge in [0, 0.05) is 26.7 Å². The SMILES string of the molecule is CC(C)c1cc(C(C)C)c(-c2ccc[c-]c2PC2CCCCC2)c(C(C)C)c1.CS(=O)(=O)[O-].Nc1ccccc1-c1[c-]cccc1.[Pd]. The van der Waals surface area contributed by atoms with Crippen LogP contribution >= 0.6 is 8.58 Å². The first-order valence-electron chi connectivity index (χ1n) is 16.4. The normalized spacial score (nSPS) is 13.6. The van der Waals surface area contributed by atoms with Crippen LogP contribution in [0.5, 0.6) is 0 Å². The zero-order chi connectivity index (χ0) is 33.9. The van der Waals surface area contributed by atoms with Crippen molar-refractivity contribution in [3.63, 3.8) is 0 Å². The van der Waals surface area contributed by atoms with Gasteiger partial charge in [-0.05, 0) is 64.7 Å². The van der Waals surface area contributed by atoms with Crippen LogP contribution in [0.25, 0.3) is 22.3 Å². The predicted octanol–water partition coefficient (Wildman–Crippen LogP) is 10.1. The molecular formula is C40H51NO3PPdS-3. The molecule has 1 aliphatic carbocycles. The van der Waals surface area contributed by atoms with Crippen LogP contribution in [0.3, 0.4) is 0 Å². The summed E-state index contributed by atoms with van der Waals surface area (Å²) in [4.78, 5) is 0. The van der Waals surface area contributed by atoms with Gasteiger partial charge in [0.05, 0.1) is 10.1 Å². The molecule has 1 saturated carbocycles. The molecule has 1 fully saturated rings. The summed E-state index contributed by atoms with van der Waals surface area (Å²) in [5.74, 6) is 1.62. The third-order valence-electron chi connectivity index (χ3n) is 8.17. The fourth-order valence-electron chi connectivity index (χ4n) is 5.79. The summed E-state index contributed by atoms with van der Waals surface area (Å²) >= 11 is 0. The maximum atomic E-state index is 9.08. The van der Waals surface area contributed by atoms with Gasteiger partial charge in [-0.15, -0.1) is 55.3 Å². The van der Waals surface area contributed by atoms with Crippen LogP contribution in [0.2, 0.25) is 0 Å². The van der Waals surface area contributed by atoms with Gasteiger partial charge in [0.25, 0.3) is 0 Å². The summed E-state index contributed by atoms with van der Waals surface area (Å²) in [5.41, 5.74) is 17.1. The Kier molecular flexibility index (Phi) is 17.1. The molecule has 258 valence electrons. The third kappa shape index (κ3) is 13.3. The average molecular weight is 763 g/mol. The van der Waals surface area contributed by atoms with E-state index in [9.17, 15) is 0 Å². The van der Waals surface area contributed by atoms with Crippen LogP contribution in [0.4, 0.5) is 5.69 Å². The van der Waals surface area contributed by atoms with E-state index in [1.807, 2.05) is 48.5 Å². The van der Waals surface area contributed by atoms with Crippen LogP contribution in [0, 0.1) is 12.1 Å². The first-order chi connectivity index (χ1) is 21.8. The van der Waals surface area contributed by atoms with E-state index in [0.717, 1.165) is 31.1 Å². The Bertz CT molecular complexity index is 1600. The molecule has 4 nitrogen and oxygen atoms in total. The molecule has 4 aromatic rings. The molecule has 4 aromatic carbocycles. The molecule has 5 rings (SSSR count). The van der Waals surface area contributed by atoms with E-state index < -0.39 is 10.1 Å². The van der Waals surface area contributed by atoms with Crippen molar-refractivity contribution in [1.82, 2.24) is 0 Å². The van der Waals surface area contributed by atoms with Crippen molar-refractivity contribution in [1.29, 1.82) is 0 Å². The Hall–Kier alpha value is -2.32. The third-order valence-corrected chi connectivity index (χ3v) is 9.86. The fourth-order valence-corrected chi connectivity index (χ4v) is 7.42. The van der Waals surface area contributed by atoms with Gasteiger partial charge in [0.15, 0.2) is 0 Å². The van der Waals surface area contributed by atoms with Gasteiger partial charge in [-0.25, -0.2) is 8.42 Å². The Balaban J connectivity index is 0.000000334. The van der Waals surface area contributed by atoms with Gasteiger partial charge in [0.1, 0.15) is 0 Å². The molecule has 0 spiro atoms. The van der Waals surface area contributed by atoms with Crippen LogP contribution in [0.15, 0.2) is 78.9 Å². The van der Waals surface area contributed by atoms with E-state index in [1.54, 1.807) is 0 Å². The minimum absolute atomic E-state index is 0. The molecule has 2 N–H and O–H groups in total. The maximum absolute atomic E-state index is 9.08. The van der Waals surface area contributed by atoms with Gasteiger partial charge in [-0.2, -0.15) is 24.3 Å². The summed E-state index contributed by atoms with van der Waals surface area (Å²) in [5, 5.41) is 1.47. The van der Waals surface area contributed by atoms with Crippen molar-refractivity contribution >= 4 is 29.7 Å². The molecule has 0 aromatic heterocycles. The Morgan fingerprint density at radius 3 is 1.81 bits per heavy atom. The number of para-hydroxylation sites is 1. The van der Waals surface area contributed by atoms with Crippen molar-refractivity contribution in [2.24, 2.45) is 0 Å². The average Bonchev–Trinajstić information content (AvgIpc) is 3.01. The predicted molar refractivity (Wildman–Crippen MR) is 199 cm³/mol. The molecule has 1 atom stereocenters. The maximum Gasteiger partial charge on any atom is 0.0916 e. The van der Waals surface area contributed by atoms with Crippen LogP contribution < -0.4 is 11.0 Å². The van der Waals surface area contributed by atoms with Crippen LogP contribution in [0.1, 0.15) is 108 Å². The summed E-state index contributed by atoms with van der Waals surface area (Å²) in [6.07, 6.45) is 7.67. The molecule has 47 heavy (non-hydrogen) atoms. The number of hydrogen-bond donors (Lipinski definition) is 1. The van der Waals surface area contributed by atoms with Gasteiger partial charge in [-0.3, -0.25) is 0 Å². The number of anilines is 1. The minimum Gasteiger partial charge on any atom is -0.748 e. The van der Waals surface area contributed by atoms with Crippen molar-refractivity contribution in [3.05, 3.63) is 108 Å². The van der Waals surface area contributed by atoms with E-state index in [0.29, 0.717) is 24.0 Å². The fraction of sp³-hybridized carbons (Fsp3) is 0.400. The number of benzene rings is 4. The summed E-state index contributed by atoms with van der Waals surface area (Å²) in [6.45, 7) is 14.0. The molecule has 0 amide bonds. The van der Waals surface area contributed by atoms with Gasteiger partial charge < -0.3 is 10.3 Å². The molecule has 0 radical (unpaired) electrons. The Labute approximate surface area is 300 Å². The first-order valence-corrected chi connectivity index (χ1v) is 19.3. The van der Waals surface area contributed by atoms with E-state index in [-0.39, 0.29) is 20.4 Å². The second kappa shape index (κ2) is 19.6. The number of hydrogen-bond acceptors (Lipinski definition) is 4. The van der Waals surface area contributed by atoms with E-state index in [2.05, 4.69) is 84.0 Å². The van der Waals surface area contributed by atoms with Gasteiger partial charge >= 0.3 is 0 Å². The molecule has 0 saturated heterocycles. The number of rotatable bonds is 7. The minimum atomic E-state index is -3.92. The molecule has 1 aliphatic rings. The van der Waals surface area contributed by atoms with Crippen molar-refractivity contribution in [2.45, 2.75) is 97.1 Å². The van der Waals surface area contributed by atoms with Crippen LogP contribution in [-0.4, -0.2) is 24.9 Å². The van der Waals surface area contributed by atoms with Crippen LogP contribution in [-0.2, 0) is 30.5 Å².